The van der Waals surface area contributed by atoms with Gasteiger partial charge < -0.3 is 5.73 Å². The number of nitrogens with zero attached hydrogens (tertiary/aromatic N) is 1. The summed E-state index contributed by atoms with van der Waals surface area (Å²) in [5, 5.41) is 0. The third-order valence-electron chi connectivity index (χ3n) is 3.30. The van der Waals surface area contributed by atoms with Crippen molar-refractivity contribution in [3.8, 4) is 0 Å². The van der Waals surface area contributed by atoms with Crippen LogP contribution in [0.4, 0.5) is 5.69 Å². The lowest BCUT2D eigenvalue weighted by Crippen LogP contribution is -2.07. The fourth-order valence-electron chi connectivity index (χ4n) is 2.12. The highest BCUT2D eigenvalue weighted by Crippen LogP contribution is 2.29. The van der Waals surface area contributed by atoms with Gasteiger partial charge in [-0.1, -0.05) is 25.5 Å². The molecular formula is C15H26N2. The minimum atomic E-state index is 0. The summed E-state index contributed by atoms with van der Waals surface area (Å²) in [6.07, 6.45) is 8.45. The number of aryl methyl sites for hydroxylation is 1. The van der Waals surface area contributed by atoms with E-state index in [4.69, 9.17) is 5.73 Å². The summed E-state index contributed by atoms with van der Waals surface area (Å²) >= 11 is 0. The summed E-state index contributed by atoms with van der Waals surface area (Å²) in [5.41, 5.74) is 8.59. The number of pyridine rings is 1. The number of nitrogens with two attached hydrogens (primary N) is 1. The second-order valence-electron chi connectivity index (χ2n) is 4.74. The second kappa shape index (κ2) is 7.10. The van der Waals surface area contributed by atoms with Gasteiger partial charge in [-0.25, -0.2) is 0 Å². The molecule has 1 aromatic heterocycles. The van der Waals surface area contributed by atoms with Crippen LogP contribution in [0, 0.1) is 12.8 Å². The van der Waals surface area contributed by atoms with Crippen molar-refractivity contribution in [3.63, 3.8) is 0 Å². The molecule has 0 aromatic carbocycles. The van der Waals surface area contributed by atoms with Crippen molar-refractivity contribution < 1.29 is 1.43 Å². The van der Waals surface area contributed by atoms with Crippen LogP contribution < -0.4 is 5.73 Å². The average Bonchev–Trinajstić information content (AvgIpc) is 2.34. The summed E-state index contributed by atoms with van der Waals surface area (Å²) in [7, 11) is 0. The van der Waals surface area contributed by atoms with Gasteiger partial charge in [0.1, 0.15) is 0 Å². The Bertz CT molecular complexity index is 325. The Kier molecular flexibility index (Phi) is 5.75. The molecule has 2 heteroatoms. The van der Waals surface area contributed by atoms with E-state index in [0.717, 1.165) is 17.3 Å². The van der Waals surface area contributed by atoms with E-state index in [1.807, 2.05) is 19.1 Å². The summed E-state index contributed by atoms with van der Waals surface area (Å²) in [5.74, 6) is 0.860. The zero-order valence-corrected chi connectivity index (χ0v) is 11.1. The minimum Gasteiger partial charge on any atom is -0.397 e. The van der Waals surface area contributed by atoms with Gasteiger partial charge in [0, 0.05) is 7.12 Å². The van der Waals surface area contributed by atoms with Crippen LogP contribution in [0.15, 0.2) is 30.5 Å². The third-order valence-corrected chi connectivity index (χ3v) is 3.30. The Morgan fingerprint density at radius 3 is 2.65 bits per heavy atom. The maximum absolute atomic E-state index is 5.36. The van der Waals surface area contributed by atoms with Crippen molar-refractivity contribution in [3.05, 3.63) is 36.2 Å². The van der Waals surface area contributed by atoms with Crippen LogP contribution in [0.5, 0.6) is 0 Å². The number of nitrogen functional groups attached to an aromatic ring is 1. The molecule has 0 unspecified atom stereocenters. The van der Waals surface area contributed by atoms with Gasteiger partial charge in [0.15, 0.2) is 0 Å². The van der Waals surface area contributed by atoms with Crippen molar-refractivity contribution >= 4 is 5.69 Å². The third kappa shape index (κ3) is 5.03. The molecular weight excluding hydrogens is 208 g/mol. The standard InChI is InChI=1S/C9H16.C6H8N2.H2/c1-3-9-7-5-4-6-8(9)2;1-5-2-3-6(7)4-8-5;/h9H,2-7H2,1H3;2-4H,7H2,1H3;1H/t9-;;/m1../s1. The van der Waals surface area contributed by atoms with E-state index in [2.05, 4.69) is 18.5 Å². The summed E-state index contributed by atoms with van der Waals surface area (Å²) in [4.78, 5) is 3.95. The monoisotopic (exact) mass is 234 g/mol. The van der Waals surface area contributed by atoms with Crippen LogP contribution >= 0.6 is 0 Å². The van der Waals surface area contributed by atoms with Crippen LogP contribution in [0.25, 0.3) is 0 Å². The quantitative estimate of drug-likeness (QED) is 0.733. The molecule has 0 radical (unpaired) electrons. The summed E-state index contributed by atoms with van der Waals surface area (Å²) in [6, 6.07) is 3.72. The molecule has 1 atom stereocenters. The maximum atomic E-state index is 5.36. The van der Waals surface area contributed by atoms with Gasteiger partial charge in [-0.15, -0.1) is 0 Å². The molecule has 2 nitrogen and oxygen atoms in total. The SMILES string of the molecule is C=C1CCCC[C@H]1CC.Cc1ccc(N)cn1.[HH]. The highest BCUT2D eigenvalue weighted by Gasteiger charge is 2.13. The number of hydrogen-bond donors (Lipinski definition) is 1. The van der Waals surface area contributed by atoms with Gasteiger partial charge in [-0.3, -0.25) is 4.98 Å². The lowest BCUT2D eigenvalue weighted by molar-refractivity contribution is 0.444. The normalized spacial score (nSPS) is 19.4. The minimum absolute atomic E-state index is 0. The van der Waals surface area contributed by atoms with Gasteiger partial charge >= 0.3 is 0 Å². The lowest BCUT2D eigenvalue weighted by atomic mass is 9.84. The van der Waals surface area contributed by atoms with E-state index >= 15 is 0 Å². The predicted octanol–water partition coefficient (Wildman–Crippen LogP) is 4.36. The van der Waals surface area contributed by atoms with Crippen LogP contribution in [0.1, 0.15) is 46.1 Å². The van der Waals surface area contributed by atoms with Crippen molar-refractivity contribution in [2.24, 2.45) is 5.92 Å². The first-order chi connectivity index (χ1) is 8.13. The Morgan fingerprint density at radius 1 is 1.47 bits per heavy atom. The van der Waals surface area contributed by atoms with Gasteiger partial charge in [0.25, 0.3) is 0 Å². The molecule has 1 aromatic rings. The first kappa shape index (κ1) is 13.8. The lowest BCUT2D eigenvalue weighted by Gasteiger charge is -2.22. The topological polar surface area (TPSA) is 38.9 Å². The van der Waals surface area contributed by atoms with Crippen LogP contribution in [-0.4, -0.2) is 4.98 Å². The van der Waals surface area contributed by atoms with E-state index in [9.17, 15) is 0 Å². The Labute approximate surface area is 106 Å². The van der Waals surface area contributed by atoms with Crippen molar-refractivity contribution in [1.29, 1.82) is 0 Å². The molecule has 0 saturated heterocycles. The van der Waals surface area contributed by atoms with Crippen LogP contribution in [-0.2, 0) is 0 Å². The average molecular weight is 234 g/mol. The number of allylic oxidation sites excluding steroid dienone is 1. The molecule has 0 spiro atoms. The van der Waals surface area contributed by atoms with Crippen molar-refractivity contribution in [1.82, 2.24) is 4.98 Å². The molecule has 1 aliphatic rings. The molecule has 2 rings (SSSR count). The molecule has 0 aliphatic heterocycles. The van der Waals surface area contributed by atoms with Crippen molar-refractivity contribution in [2.75, 3.05) is 5.73 Å². The van der Waals surface area contributed by atoms with E-state index < -0.39 is 0 Å². The zero-order chi connectivity index (χ0) is 12.7. The highest BCUT2D eigenvalue weighted by molar-refractivity contribution is 5.34. The molecule has 0 bridgehead atoms. The Morgan fingerprint density at radius 2 is 2.24 bits per heavy atom. The summed E-state index contributed by atoms with van der Waals surface area (Å²) in [6.45, 7) is 8.26. The fourth-order valence-corrected chi connectivity index (χ4v) is 2.12. The molecule has 1 aliphatic carbocycles. The van der Waals surface area contributed by atoms with Gasteiger partial charge in [-0.2, -0.15) is 0 Å². The smallest absolute Gasteiger partial charge is 0.0500 e. The first-order valence-corrected chi connectivity index (χ1v) is 6.49. The second-order valence-corrected chi connectivity index (χ2v) is 4.74. The van der Waals surface area contributed by atoms with Crippen LogP contribution in [0.3, 0.4) is 0 Å². The molecule has 2 N–H and O–H groups in total. The predicted molar refractivity (Wildman–Crippen MR) is 76.9 cm³/mol. The summed E-state index contributed by atoms with van der Waals surface area (Å²) < 4.78 is 0. The molecule has 1 fully saturated rings. The fraction of sp³-hybridized carbons (Fsp3) is 0.533. The first-order valence-electron chi connectivity index (χ1n) is 6.49. The molecule has 1 heterocycles. The number of aromatic nitrogens is 1. The molecule has 17 heavy (non-hydrogen) atoms. The van der Waals surface area contributed by atoms with E-state index in [0.29, 0.717) is 0 Å². The maximum Gasteiger partial charge on any atom is 0.0500 e. The Hall–Kier alpha value is -1.31. The van der Waals surface area contributed by atoms with E-state index in [-0.39, 0.29) is 1.43 Å². The number of rotatable bonds is 1. The number of anilines is 1. The van der Waals surface area contributed by atoms with Crippen molar-refractivity contribution in [2.45, 2.75) is 46.0 Å². The number of hydrogen-bond acceptors (Lipinski definition) is 2. The van der Waals surface area contributed by atoms with Gasteiger partial charge in [0.05, 0.1) is 11.9 Å². The largest absolute Gasteiger partial charge is 0.397 e. The highest BCUT2D eigenvalue weighted by atomic mass is 14.7. The molecule has 96 valence electrons. The Balaban J connectivity index is 0.000000306. The molecule has 1 saturated carbocycles. The molecule has 0 amide bonds. The van der Waals surface area contributed by atoms with Crippen LogP contribution in [0.2, 0.25) is 0 Å². The van der Waals surface area contributed by atoms with Gasteiger partial charge in [-0.05, 0) is 50.7 Å². The van der Waals surface area contributed by atoms with E-state index in [1.54, 1.807) is 6.20 Å². The zero-order valence-electron chi connectivity index (χ0n) is 11.1. The van der Waals surface area contributed by atoms with E-state index in [1.165, 1.54) is 37.7 Å². The van der Waals surface area contributed by atoms with Gasteiger partial charge in [0.2, 0.25) is 0 Å².